The summed E-state index contributed by atoms with van der Waals surface area (Å²) in [5.74, 6) is 1.38. The highest BCUT2D eigenvalue weighted by atomic mass is 16.5. The molecule has 1 fully saturated rings. The molecule has 1 saturated carbocycles. The number of carbonyl (C=O) groups is 1. The number of nitrogens with one attached hydrogen (secondary N) is 1. The summed E-state index contributed by atoms with van der Waals surface area (Å²) in [6, 6.07) is 0. The topological polar surface area (TPSA) is 41.6 Å². The second kappa shape index (κ2) is 8.74. The van der Waals surface area contributed by atoms with Gasteiger partial charge in [0.05, 0.1) is 6.61 Å². The Bertz CT molecular complexity index is 318. The summed E-state index contributed by atoms with van der Waals surface area (Å²) in [4.78, 5) is 14.7. The number of likely N-dealkylation sites (N-methyl/N-ethyl adjacent to an activating group) is 1. The summed E-state index contributed by atoms with van der Waals surface area (Å²) in [6.45, 7) is 8.71. The van der Waals surface area contributed by atoms with Gasteiger partial charge < -0.3 is 15.0 Å². The SMILES string of the molecule is CCOC(=O)C1(NCCN(C)C)CCCC(C(C)C)CC1. The van der Waals surface area contributed by atoms with Gasteiger partial charge in [0.15, 0.2) is 0 Å². The number of rotatable bonds is 7. The molecule has 0 aliphatic heterocycles. The van der Waals surface area contributed by atoms with Gasteiger partial charge in [0.2, 0.25) is 0 Å². The van der Waals surface area contributed by atoms with Crippen molar-refractivity contribution >= 4 is 5.97 Å². The van der Waals surface area contributed by atoms with Crippen LogP contribution in [0.25, 0.3) is 0 Å². The van der Waals surface area contributed by atoms with E-state index < -0.39 is 5.54 Å². The first-order valence-electron chi connectivity index (χ1n) is 8.48. The average Bonchev–Trinajstić information content (AvgIpc) is 2.62. The van der Waals surface area contributed by atoms with Crippen molar-refractivity contribution in [2.75, 3.05) is 33.8 Å². The molecule has 2 unspecified atom stereocenters. The third-order valence-corrected chi connectivity index (χ3v) is 4.75. The van der Waals surface area contributed by atoms with Gasteiger partial charge in [-0.2, -0.15) is 0 Å². The molecular weight excluding hydrogens is 264 g/mol. The summed E-state index contributed by atoms with van der Waals surface area (Å²) < 4.78 is 5.38. The van der Waals surface area contributed by atoms with Crippen molar-refractivity contribution in [3.8, 4) is 0 Å². The average molecular weight is 298 g/mol. The molecular formula is C17H34N2O2. The highest BCUT2D eigenvalue weighted by Gasteiger charge is 2.41. The van der Waals surface area contributed by atoms with Gasteiger partial charge in [-0.15, -0.1) is 0 Å². The summed E-state index contributed by atoms with van der Waals surface area (Å²) >= 11 is 0. The van der Waals surface area contributed by atoms with E-state index in [4.69, 9.17) is 4.74 Å². The summed E-state index contributed by atoms with van der Waals surface area (Å²) in [5.41, 5.74) is -0.463. The Kier molecular flexibility index (Phi) is 7.67. The Balaban J connectivity index is 2.74. The molecule has 0 aromatic heterocycles. The van der Waals surface area contributed by atoms with Crippen LogP contribution in [0.3, 0.4) is 0 Å². The minimum Gasteiger partial charge on any atom is -0.465 e. The molecule has 0 saturated heterocycles. The third kappa shape index (κ3) is 5.59. The summed E-state index contributed by atoms with van der Waals surface area (Å²) in [5, 5.41) is 3.53. The number of nitrogens with zero attached hydrogens (tertiary/aromatic N) is 1. The summed E-state index contributed by atoms with van der Waals surface area (Å²) in [7, 11) is 4.11. The number of esters is 1. The first kappa shape index (κ1) is 18.4. The number of ether oxygens (including phenoxy) is 1. The number of carbonyl (C=O) groups excluding carboxylic acids is 1. The van der Waals surface area contributed by atoms with Crippen LogP contribution < -0.4 is 5.32 Å². The Morgan fingerprint density at radius 2 is 2.05 bits per heavy atom. The molecule has 2 atom stereocenters. The molecule has 1 N–H and O–H groups in total. The van der Waals surface area contributed by atoms with Gasteiger partial charge in [0.1, 0.15) is 5.54 Å². The van der Waals surface area contributed by atoms with Crippen LogP contribution in [0.2, 0.25) is 0 Å². The molecule has 1 rings (SSSR count). The van der Waals surface area contributed by atoms with E-state index in [2.05, 4.69) is 38.2 Å². The van der Waals surface area contributed by atoms with E-state index in [1.807, 2.05) is 6.92 Å². The van der Waals surface area contributed by atoms with Crippen LogP contribution in [-0.4, -0.2) is 50.2 Å². The normalized spacial score (nSPS) is 26.9. The molecule has 1 aliphatic rings. The Labute approximate surface area is 130 Å². The van der Waals surface area contributed by atoms with Crippen molar-refractivity contribution in [2.24, 2.45) is 11.8 Å². The largest absolute Gasteiger partial charge is 0.465 e. The fourth-order valence-electron chi connectivity index (χ4n) is 3.27. The van der Waals surface area contributed by atoms with Crippen LogP contribution in [-0.2, 0) is 9.53 Å². The van der Waals surface area contributed by atoms with Gasteiger partial charge in [0.25, 0.3) is 0 Å². The van der Waals surface area contributed by atoms with Gasteiger partial charge >= 0.3 is 5.97 Å². The van der Waals surface area contributed by atoms with E-state index in [0.29, 0.717) is 12.5 Å². The van der Waals surface area contributed by atoms with E-state index >= 15 is 0 Å². The zero-order valence-corrected chi connectivity index (χ0v) is 14.6. The van der Waals surface area contributed by atoms with Crippen molar-refractivity contribution in [2.45, 2.75) is 58.4 Å². The Morgan fingerprint density at radius 1 is 1.33 bits per heavy atom. The predicted molar refractivity (Wildman–Crippen MR) is 87.3 cm³/mol. The first-order chi connectivity index (χ1) is 9.91. The predicted octanol–water partition coefficient (Wildman–Crippen LogP) is 2.68. The van der Waals surface area contributed by atoms with Crippen LogP contribution in [0, 0.1) is 11.8 Å². The maximum absolute atomic E-state index is 12.5. The lowest BCUT2D eigenvalue weighted by atomic mass is 9.86. The van der Waals surface area contributed by atoms with Crippen LogP contribution in [0.4, 0.5) is 0 Å². The van der Waals surface area contributed by atoms with Crippen molar-refractivity contribution in [1.29, 1.82) is 0 Å². The van der Waals surface area contributed by atoms with E-state index in [-0.39, 0.29) is 5.97 Å². The van der Waals surface area contributed by atoms with E-state index in [9.17, 15) is 4.79 Å². The molecule has 0 aromatic rings. The van der Waals surface area contributed by atoms with E-state index in [0.717, 1.165) is 44.7 Å². The zero-order chi connectivity index (χ0) is 15.9. The second-order valence-electron chi connectivity index (χ2n) is 6.97. The minimum atomic E-state index is -0.463. The minimum absolute atomic E-state index is 0.0480. The molecule has 21 heavy (non-hydrogen) atoms. The van der Waals surface area contributed by atoms with Crippen molar-refractivity contribution in [3.63, 3.8) is 0 Å². The van der Waals surface area contributed by atoms with Gasteiger partial charge in [-0.05, 0) is 52.1 Å². The standard InChI is InChI=1S/C17H34N2O2/c1-6-21-16(20)17(18-12-13-19(4)5)10-7-8-15(9-11-17)14(2)3/h14-15,18H,6-13H2,1-5H3. The van der Waals surface area contributed by atoms with Crippen molar-refractivity contribution in [1.82, 2.24) is 10.2 Å². The third-order valence-electron chi connectivity index (χ3n) is 4.75. The maximum atomic E-state index is 12.5. The maximum Gasteiger partial charge on any atom is 0.326 e. The number of hydrogen-bond donors (Lipinski definition) is 1. The zero-order valence-electron chi connectivity index (χ0n) is 14.6. The fourth-order valence-corrected chi connectivity index (χ4v) is 3.27. The molecule has 4 heteroatoms. The van der Waals surface area contributed by atoms with E-state index in [1.54, 1.807) is 0 Å². The monoisotopic (exact) mass is 298 g/mol. The molecule has 0 bridgehead atoms. The molecule has 0 aromatic carbocycles. The van der Waals surface area contributed by atoms with Gasteiger partial charge in [-0.1, -0.05) is 26.7 Å². The van der Waals surface area contributed by atoms with Crippen LogP contribution in [0.1, 0.15) is 52.9 Å². The molecule has 0 radical (unpaired) electrons. The molecule has 1 aliphatic carbocycles. The molecule has 0 spiro atoms. The molecule has 0 heterocycles. The first-order valence-corrected chi connectivity index (χ1v) is 8.48. The highest BCUT2D eigenvalue weighted by Crippen LogP contribution is 2.34. The van der Waals surface area contributed by atoms with Crippen LogP contribution in [0.5, 0.6) is 0 Å². The van der Waals surface area contributed by atoms with E-state index in [1.165, 1.54) is 6.42 Å². The van der Waals surface area contributed by atoms with Gasteiger partial charge in [-0.3, -0.25) is 4.79 Å². The quantitative estimate of drug-likeness (QED) is 0.579. The second-order valence-corrected chi connectivity index (χ2v) is 6.97. The van der Waals surface area contributed by atoms with Crippen molar-refractivity contribution < 1.29 is 9.53 Å². The molecule has 4 nitrogen and oxygen atoms in total. The Morgan fingerprint density at radius 3 is 2.62 bits per heavy atom. The van der Waals surface area contributed by atoms with Gasteiger partial charge in [-0.25, -0.2) is 0 Å². The lowest BCUT2D eigenvalue weighted by Crippen LogP contribution is -2.54. The molecule has 0 amide bonds. The van der Waals surface area contributed by atoms with Crippen molar-refractivity contribution in [3.05, 3.63) is 0 Å². The van der Waals surface area contributed by atoms with Gasteiger partial charge in [0, 0.05) is 13.1 Å². The lowest BCUT2D eigenvalue weighted by Gasteiger charge is -2.32. The lowest BCUT2D eigenvalue weighted by molar-refractivity contribution is -0.152. The smallest absolute Gasteiger partial charge is 0.326 e. The molecule has 124 valence electrons. The highest BCUT2D eigenvalue weighted by molar-refractivity contribution is 5.80. The summed E-state index contributed by atoms with van der Waals surface area (Å²) in [6.07, 6.45) is 5.26. The van der Waals surface area contributed by atoms with Crippen LogP contribution in [0.15, 0.2) is 0 Å². The Hall–Kier alpha value is -0.610. The van der Waals surface area contributed by atoms with Crippen LogP contribution >= 0.6 is 0 Å². The number of hydrogen-bond acceptors (Lipinski definition) is 4. The fraction of sp³-hybridized carbons (Fsp3) is 0.941.